The molecular weight excluding hydrogens is 256 g/mol. The summed E-state index contributed by atoms with van der Waals surface area (Å²) in [6.07, 6.45) is 2.19. The van der Waals surface area contributed by atoms with Gasteiger partial charge in [-0.05, 0) is 40.9 Å². The van der Waals surface area contributed by atoms with Crippen molar-refractivity contribution in [3.05, 3.63) is 28.2 Å². The number of hydrogen-bond donors (Lipinski definition) is 1. The summed E-state index contributed by atoms with van der Waals surface area (Å²) in [6, 6.07) is 5.44. The predicted octanol–water partition coefficient (Wildman–Crippen LogP) is 2.27. The molecule has 4 heteroatoms. The molecule has 0 aromatic heterocycles. The topological polar surface area (TPSA) is 46.3 Å². The monoisotopic (exact) mass is 268 g/mol. The van der Waals surface area contributed by atoms with E-state index in [-0.39, 0.29) is 5.91 Å². The Balaban J connectivity index is 2.32. The second-order valence-electron chi connectivity index (χ2n) is 3.70. The van der Waals surface area contributed by atoms with E-state index in [1.54, 1.807) is 6.07 Å². The van der Waals surface area contributed by atoms with E-state index in [9.17, 15) is 4.79 Å². The zero-order chi connectivity index (χ0) is 10.8. The fourth-order valence-corrected chi connectivity index (χ4v) is 2.40. The van der Waals surface area contributed by atoms with Gasteiger partial charge >= 0.3 is 0 Å². The number of carbonyl (C=O) groups is 1. The van der Waals surface area contributed by atoms with Gasteiger partial charge in [0.05, 0.1) is 5.56 Å². The van der Waals surface area contributed by atoms with Gasteiger partial charge in [-0.15, -0.1) is 0 Å². The number of halogens is 1. The van der Waals surface area contributed by atoms with E-state index in [1.807, 2.05) is 17.0 Å². The number of nitrogens with two attached hydrogens (primary N) is 1. The average Bonchev–Trinajstić information content (AvgIpc) is 2.69. The van der Waals surface area contributed by atoms with Gasteiger partial charge in [-0.25, -0.2) is 0 Å². The lowest BCUT2D eigenvalue weighted by Crippen LogP contribution is -2.28. The van der Waals surface area contributed by atoms with Gasteiger partial charge in [-0.3, -0.25) is 4.79 Å². The van der Waals surface area contributed by atoms with E-state index in [2.05, 4.69) is 15.9 Å². The first-order valence-corrected chi connectivity index (χ1v) is 5.82. The lowest BCUT2D eigenvalue weighted by atomic mass is 10.1. The number of carbonyl (C=O) groups excluding carboxylic acids is 1. The van der Waals surface area contributed by atoms with Crippen LogP contribution < -0.4 is 5.73 Å². The van der Waals surface area contributed by atoms with E-state index in [0.717, 1.165) is 30.4 Å². The number of rotatable bonds is 1. The smallest absolute Gasteiger partial charge is 0.257 e. The molecule has 3 nitrogen and oxygen atoms in total. The van der Waals surface area contributed by atoms with Crippen LogP contribution in [0.2, 0.25) is 0 Å². The van der Waals surface area contributed by atoms with Crippen molar-refractivity contribution in [1.82, 2.24) is 4.90 Å². The molecule has 80 valence electrons. The van der Waals surface area contributed by atoms with Crippen LogP contribution in [0.3, 0.4) is 0 Å². The van der Waals surface area contributed by atoms with Crippen LogP contribution in [-0.2, 0) is 0 Å². The standard InChI is InChI=1S/C11H13BrN2O/c12-8-4-3-5-9(13)10(8)11(15)14-6-1-2-7-14/h3-5H,1-2,6-7,13H2. The molecule has 1 aromatic rings. The minimum Gasteiger partial charge on any atom is -0.398 e. The summed E-state index contributed by atoms with van der Waals surface area (Å²) >= 11 is 3.37. The van der Waals surface area contributed by atoms with Crippen LogP contribution in [0.15, 0.2) is 22.7 Å². The molecule has 0 unspecified atom stereocenters. The number of anilines is 1. The molecule has 0 radical (unpaired) electrons. The van der Waals surface area contributed by atoms with E-state index in [4.69, 9.17) is 5.73 Å². The molecule has 0 aliphatic carbocycles. The third kappa shape index (κ3) is 2.00. The van der Waals surface area contributed by atoms with Gasteiger partial charge < -0.3 is 10.6 Å². The van der Waals surface area contributed by atoms with E-state index in [1.165, 1.54) is 0 Å². The SMILES string of the molecule is Nc1cccc(Br)c1C(=O)N1CCCC1. The molecule has 2 rings (SSSR count). The first-order chi connectivity index (χ1) is 7.20. The lowest BCUT2D eigenvalue weighted by Gasteiger charge is -2.17. The van der Waals surface area contributed by atoms with Gasteiger partial charge in [-0.1, -0.05) is 6.07 Å². The van der Waals surface area contributed by atoms with Crippen LogP contribution in [-0.4, -0.2) is 23.9 Å². The lowest BCUT2D eigenvalue weighted by molar-refractivity contribution is 0.0793. The van der Waals surface area contributed by atoms with Gasteiger partial charge in [0.25, 0.3) is 5.91 Å². The number of benzene rings is 1. The maximum Gasteiger partial charge on any atom is 0.257 e. The van der Waals surface area contributed by atoms with Crippen molar-refractivity contribution in [1.29, 1.82) is 0 Å². The second-order valence-corrected chi connectivity index (χ2v) is 4.56. The normalized spacial score (nSPS) is 15.7. The first kappa shape index (κ1) is 10.5. The third-order valence-electron chi connectivity index (χ3n) is 2.65. The molecule has 1 saturated heterocycles. The van der Waals surface area contributed by atoms with Gasteiger partial charge in [0.1, 0.15) is 0 Å². The molecule has 2 N–H and O–H groups in total. The molecule has 1 aliphatic heterocycles. The molecule has 1 aliphatic rings. The molecule has 0 atom stereocenters. The minimum absolute atomic E-state index is 0.0393. The number of nitrogens with zero attached hydrogens (tertiary/aromatic N) is 1. The number of amides is 1. The van der Waals surface area contributed by atoms with Crippen LogP contribution in [0.5, 0.6) is 0 Å². The van der Waals surface area contributed by atoms with Crippen LogP contribution in [0.25, 0.3) is 0 Å². The molecule has 1 fully saturated rings. The minimum atomic E-state index is 0.0393. The molecule has 1 aromatic carbocycles. The molecular formula is C11H13BrN2O. The maximum atomic E-state index is 12.1. The van der Waals surface area contributed by atoms with Gasteiger partial charge in [0.15, 0.2) is 0 Å². The summed E-state index contributed by atoms with van der Waals surface area (Å²) in [5.74, 6) is 0.0393. The number of likely N-dealkylation sites (tertiary alicyclic amines) is 1. The van der Waals surface area contributed by atoms with E-state index >= 15 is 0 Å². The predicted molar refractivity (Wildman–Crippen MR) is 63.7 cm³/mol. The highest BCUT2D eigenvalue weighted by Gasteiger charge is 2.22. The molecule has 0 saturated carbocycles. The first-order valence-electron chi connectivity index (χ1n) is 5.03. The maximum absolute atomic E-state index is 12.1. The molecule has 0 spiro atoms. The Morgan fingerprint density at radius 1 is 1.33 bits per heavy atom. The van der Waals surface area contributed by atoms with Crippen molar-refractivity contribution < 1.29 is 4.79 Å². The van der Waals surface area contributed by atoms with Gasteiger partial charge in [0.2, 0.25) is 0 Å². The molecule has 0 bridgehead atoms. The van der Waals surface area contributed by atoms with E-state index in [0.29, 0.717) is 11.3 Å². The van der Waals surface area contributed by atoms with Crippen molar-refractivity contribution in [2.75, 3.05) is 18.8 Å². The number of hydrogen-bond acceptors (Lipinski definition) is 2. The molecule has 1 amide bonds. The summed E-state index contributed by atoms with van der Waals surface area (Å²) in [5, 5.41) is 0. The van der Waals surface area contributed by atoms with Gasteiger partial charge in [-0.2, -0.15) is 0 Å². The van der Waals surface area contributed by atoms with Crippen LogP contribution >= 0.6 is 15.9 Å². The third-order valence-corrected chi connectivity index (χ3v) is 3.31. The van der Waals surface area contributed by atoms with E-state index < -0.39 is 0 Å². The highest BCUT2D eigenvalue weighted by Crippen LogP contribution is 2.25. The summed E-state index contributed by atoms with van der Waals surface area (Å²) < 4.78 is 0.777. The second kappa shape index (κ2) is 4.23. The zero-order valence-electron chi connectivity index (χ0n) is 8.37. The summed E-state index contributed by atoms with van der Waals surface area (Å²) in [6.45, 7) is 1.69. The largest absolute Gasteiger partial charge is 0.398 e. The Morgan fingerprint density at radius 2 is 2.00 bits per heavy atom. The summed E-state index contributed by atoms with van der Waals surface area (Å²) in [5.41, 5.74) is 6.95. The van der Waals surface area contributed by atoms with Crippen molar-refractivity contribution >= 4 is 27.5 Å². The van der Waals surface area contributed by atoms with Crippen molar-refractivity contribution in [3.8, 4) is 0 Å². The quantitative estimate of drug-likeness (QED) is 0.795. The van der Waals surface area contributed by atoms with Crippen LogP contribution in [0.1, 0.15) is 23.2 Å². The Hall–Kier alpha value is -1.03. The zero-order valence-corrected chi connectivity index (χ0v) is 9.96. The highest BCUT2D eigenvalue weighted by atomic mass is 79.9. The number of nitrogen functional groups attached to an aromatic ring is 1. The fraction of sp³-hybridized carbons (Fsp3) is 0.364. The molecule has 15 heavy (non-hydrogen) atoms. The van der Waals surface area contributed by atoms with Crippen molar-refractivity contribution in [2.24, 2.45) is 0 Å². The van der Waals surface area contributed by atoms with Gasteiger partial charge in [0, 0.05) is 23.2 Å². The average molecular weight is 269 g/mol. The Kier molecular flexibility index (Phi) is 2.95. The van der Waals surface area contributed by atoms with Crippen molar-refractivity contribution in [3.63, 3.8) is 0 Å². The van der Waals surface area contributed by atoms with Crippen molar-refractivity contribution in [2.45, 2.75) is 12.8 Å². The highest BCUT2D eigenvalue weighted by molar-refractivity contribution is 9.10. The Bertz CT molecular complexity index is 366. The van der Waals surface area contributed by atoms with Crippen LogP contribution in [0.4, 0.5) is 5.69 Å². The summed E-state index contributed by atoms with van der Waals surface area (Å²) in [4.78, 5) is 14.0. The van der Waals surface area contributed by atoms with Crippen LogP contribution in [0, 0.1) is 0 Å². The summed E-state index contributed by atoms with van der Waals surface area (Å²) in [7, 11) is 0. The Labute approximate surface area is 97.4 Å². The molecule has 1 heterocycles. The fourth-order valence-electron chi connectivity index (χ4n) is 1.84. The Morgan fingerprint density at radius 3 is 2.60 bits per heavy atom.